The summed E-state index contributed by atoms with van der Waals surface area (Å²) in [5.74, 6) is -0.779. The number of hydrogen-bond acceptors (Lipinski definition) is 4. The van der Waals surface area contributed by atoms with Gasteiger partial charge in [-0.1, -0.05) is 64.5 Å². The highest BCUT2D eigenvalue weighted by Crippen LogP contribution is 2.28. The molecule has 186 valence electrons. The van der Waals surface area contributed by atoms with E-state index in [4.69, 9.17) is 0 Å². The zero-order valence-electron chi connectivity index (χ0n) is 20.2. The number of anilines is 1. The Hall–Kier alpha value is -2.91. The van der Waals surface area contributed by atoms with Crippen LogP contribution in [0.1, 0.15) is 26.3 Å². The van der Waals surface area contributed by atoms with Crippen LogP contribution in [-0.2, 0) is 26.2 Å². The van der Waals surface area contributed by atoms with Crippen LogP contribution in [0, 0.1) is 0 Å². The van der Waals surface area contributed by atoms with Gasteiger partial charge in [-0.2, -0.15) is 0 Å². The molecular weight excluding hydrogens is 530 g/mol. The average Bonchev–Trinajstić information content (AvgIpc) is 2.80. The van der Waals surface area contributed by atoms with Gasteiger partial charge in [0, 0.05) is 22.4 Å². The predicted octanol–water partition coefficient (Wildman–Crippen LogP) is 4.31. The summed E-state index contributed by atoms with van der Waals surface area (Å²) in [6.45, 7) is 5.07. The molecule has 7 nitrogen and oxygen atoms in total. The van der Waals surface area contributed by atoms with E-state index in [0.29, 0.717) is 5.69 Å². The Bertz CT molecular complexity index is 1300. The Labute approximate surface area is 215 Å². The number of hydrogen-bond donors (Lipinski definition) is 1. The van der Waals surface area contributed by atoms with E-state index in [1.807, 2.05) is 68.4 Å². The molecule has 3 rings (SSSR count). The van der Waals surface area contributed by atoms with Gasteiger partial charge in [-0.3, -0.25) is 13.9 Å². The number of rotatable bonds is 9. The number of carbonyl (C=O) groups is 2. The van der Waals surface area contributed by atoms with Crippen LogP contribution in [-0.4, -0.2) is 50.0 Å². The van der Waals surface area contributed by atoms with Crippen molar-refractivity contribution >= 4 is 54.2 Å². The average molecular weight is 561 g/mol. The van der Waals surface area contributed by atoms with Crippen LogP contribution in [0.3, 0.4) is 0 Å². The molecule has 0 spiro atoms. The zero-order chi connectivity index (χ0) is 25.8. The number of sulfonamides is 1. The second-order valence-corrected chi connectivity index (χ2v) is 11.6. The van der Waals surface area contributed by atoms with E-state index in [1.165, 1.54) is 4.90 Å². The first-order valence-electron chi connectivity index (χ1n) is 11.3. The number of halogens is 1. The molecule has 35 heavy (non-hydrogen) atoms. The molecule has 0 heterocycles. The van der Waals surface area contributed by atoms with Gasteiger partial charge in [0.15, 0.2) is 0 Å². The molecule has 0 saturated heterocycles. The number of nitrogens with zero attached hydrogens (tertiary/aromatic N) is 2. The van der Waals surface area contributed by atoms with Crippen molar-refractivity contribution in [1.82, 2.24) is 10.2 Å². The van der Waals surface area contributed by atoms with Crippen molar-refractivity contribution < 1.29 is 18.0 Å². The SMILES string of the molecule is CC(C)NC(=O)[C@@H](C)N(Cc1ccc(Br)cc1)C(=O)CN(c1cccc2ccccc12)S(C)(=O)=O. The minimum absolute atomic E-state index is 0.0993. The van der Waals surface area contributed by atoms with Crippen LogP contribution in [0.25, 0.3) is 10.8 Å². The lowest BCUT2D eigenvalue weighted by atomic mass is 10.1. The summed E-state index contributed by atoms with van der Waals surface area (Å²) in [4.78, 5) is 27.9. The molecule has 1 atom stereocenters. The molecule has 9 heteroatoms. The largest absolute Gasteiger partial charge is 0.352 e. The quantitative estimate of drug-likeness (QED) is 0.423. The summed E-state index contributed by atoms with van der Waals surface area (Å²) in [5.41, 5.74) is 1.24. The van der Waals surface area contributed by atoms with Crippen LogP contribution in [0.4, 0.5) is 5.69 Å². The number of carbonyl (C=O) groups excluding carboxylic acids is 2. The molecule has 0 aliphatic rings. The first-order valence-corrected chi connectivity index (χ1v) is 13.9. The maximum Gasteiger partial charge on any atom is 0.244 e. The number of benzene rings is 3. The van der Waals surface area contributed by atoms with Gasteiger partial charge in [0.05, 0.1) is 11.9 Å². The van der Waals surface area contributed by atoms with Crippen molar-refractivity contribution in [3.63, 3.8) is 0 Å². The Balaban J connectivity index is 1.99. The third kappa shape index (κ3) is 6.82. The molecule has 0 aliphatic heterocycles. The van der Waals surface area contributed by atoms with Crippen molar-refractivity contribution in [3.05, 3.63) is 76.8 Å². The molecule has 3 aromatic carbocycles. The lowest BCUT2D eigenvalue weighted by molar-refractivity contribution is -0.139. The minimum atomic E-state index is -3.80. The second-order valence-electron chi connectivity index (χ2n) is 8.76. The van der Waals surface area contributed by atoms with Gasteiger partial charge in [-0.25, -0.2) is 8.42 Å². The lowest BCUT2D eigenvalue weighted by Crippen LogP contribution is -2.52. The van der Waals surface area contributed by atoms with Gasteiger partial charge < -0.3 is 10.2 Å². The van der Waals surface area contributed by atoms with E-state index in [2.05, 4.69) is 21.2 Å². The maximum absolute atomic E-state index is 13.6. The zero-order valence-corrected chi connectivity index (χ0v) is 22.6. The molecule has 0 aliphatic carbocycles. The smallest absolute Gasteiger partial charge is 0.244 e. The number of nitrogens with one attached hydrogen (secondary N) is 1. The normalized spacial score (nSPS) is 12.4. The molecule has 1 N–H and O–H groups in total. The van der Waals surface area contributed by atoms with Gasteiger partial charge in [-0.05, 0) is 49.9 Å². The Morgan fingerprint density at radius 2 is 1.57 bits per heavy atom. The lowest BCUT2D eigenvalue weighted by Gasteiger charge is -2.32. The van der Waals surface area contributed by atoms with E-state index in [0.717, 1.165) is 31.4 Å². The van der Waals surface area contributed by atoms with E-state index in [9.17, 15) is 18.0 Å². The summed E-state index contributed by atoms with van der Waals surface area (Å²) < 4.78 is 27.7. The van der Waals surface area contributed by atoms with Gasteiger partial charge in [0.2, 0.25) is 21.8 Å². The predicted molar refractivity (Wildman–Crippen MR) is 144 cm³/mol. The molecule has 0 unspecified atom stereocenters. The Morgan fingerprint density at radius 3 is 2.20 bits per heavy atom. The number of amides is 2. The molecule has 0 bridgehead atoms. The highest BCUT2D eigenvalue weighted by atomic mass is 79.9. The summed E-state index contributed by atoms with van der Waals surface area (Å²) in [7, 11) is -3.80. The van der Waals surface area contributed by atoms with Crippen molar-refractivity contribution in [3.8, 4) is 0 Å². The summed E-state index contributed by atoms with van der Waals surface area (Å²) in [6, 6.07) is 19.3. The molecule has 0 radical (unpaired) electrons. The summed E-state index contributed by atoms with van der Waals surface area (Å²) in [5, 5.41) is 4.42. The van der Waals surface area contributed by atoms with Gasteiger partial charge >= 0.3 is 0 Å². The van der Waals surface area contributed by atoms with Crippen LogP contribution < -0.4 is 9.62 Å². The van der Waals surface area contributed by atoms with Crippen LogP contribution in [0.5, 0.6) is 0 Å². The third-order valence-corrected chi connectivity index (χ3v) is 7.23. The summed E-state index contributed by atoms with van der Waals surface area (Å²) >= 11 is 3.40. The highest BCUT2D eigenvalue weighted by Gasteiger charge is 2.30. The maximum atomic E-state index is 13.6. The molecule has 0 aromatic heterocycles. The fourth-order valence-electron chi connectivity index (χ4n) is 3.79. The van der Waals surface area contributed by atoms with Crippen LogP contribution >= 0.6 is 15.9 Å². The van der Waals surface area contributed by atoms with Crippen molar-refractivity contribution in [2.75, 3.05) is 17.1 Å². The highest BCUT2D eigenvalue weighted by molar-refractivity contribution is 9.10. The molecule has 2 amide bonds. The van der Waals surface area contributed by atoms with Gasteiger partial charge in [-0.15, -0.1) is 0 Å². The molecule has 0 fully saturated rings. The monoisotopic (exact) mass is 559 g/mol. The fourth-order valence-corrected chi connectivity index (χ4v) is 4.92. The topological polar surface area (TPSA) is 86.8 Å². The third-order valence-electron chi connectivity index (χ3n) is 5.58. The van der Waals surface area contributed by atoms with E-state index < -0.39 is 28.5 Å². The Kier molecular flexibility index (Phi) is 8.56. The van der Waals surface area contributed by atoms with Gasteiger partial charge in [0.1, 0.15) is 12.6 Å². The fraction of sp³-hybridized carbons (Fsp3) is 0.308. The van der Waals surface area contributed by atoms with Gasteiger partial charge in [0.25, 0.3) is 0 Å². The van der Waals surface area contributed by atoms with Crippen molar-refractivity contribution in [2.24, 2.45) is 0 Å². The standard InChI is InChI=1S/C26H30BrN3O4S/c1-18(2)28-26(32)19(3)29(16-20-12-14-22(27)15-13-20)25(31)17-30(35(4,33)34)24-11-7-9-21-8-5-6-10-23(21)24/h5-15,18-19H,16-17H2,1-4H3,(H,28,32)/t19-/m1/s1. The van der Waals surface area contributed by atoms with E-state index in [-0.39, 0.29) is 18.5 Å². The van der Waals surface area contributed by atoms with Crippen LogP contribution in [0.15, 0.2) is 71.2 Å². The summed E-state index contributed by atoms with van der Waals surface area (Å²) in [6.07, 6.45) is 1.08. The Morgan fingerprint density at radius 1 is 0.943 bits per heavy atom. The second kappa shape index (κ2) is 11.2. The molecular formula is C26H30BrN3O4S. The first kappa shape index (κ1) is 26.7. The first-order chi connectivity index (χ1) is 16.5. The minimum Gasteiger partial charge on any atom is -0.352 e. The van der Waals surface area contributed by atoms with E-state index in [1.54, 1.807) is 19.1 Å². The molecule has 0 saturated carbocycles. The number of fused-ring (bicyclic) bond motifs is 1. The molecule has 3 aromatic rings. The van der Waals surface area contributed by atoms with Crippen LogP contribution in [0.2, 0.25) is 0 Å². The van der Waals surface area contributed by atoms with E-state index >= 15 is 0 Å². The van der Waals surface area contributed by atoms with Crippen molar-refractivity contribution in [1.29, 1.82) is 0 Å². The van der Waals surface area contributed by atoms with Crippen molar-refractivity contribution in [2.45, 2.75) is 39.4 Å².